The first-order valence-electron chi connectivity index (χ1n) is 9.83. The maximum absolute atomic E-state index is 14.0. The van der Waals surface area contributed by atoms with Gasteiger partial charge in [-0.25, -0.2) is 8.78 Å². The number of carbonyl (C=O) groups excluding carboxylic acids is 1. The predicted molar refractivity (Wildman–Crippen MR) is 109 cm³/mol. The number of likely N-dealkylation sites (N-methyl/N-ethyl adjacent to an activating group) is 1. The molecule has 1 saturated heterocycles. The minimum absolute atomic E-state index is 0.0361. The Morgan fingerprint density at radius 2 is 1.79 bits per heavy atom. The second-order valence-corrected chi connectivity index (χ2v) is 7.09. The molecule has 0 aromatic heterocycles. The van der Waals surface area contributed by atoms with E-state index < -0.39 is 5.82 Å². The molecule has 0 N–H and O–H groups in total. The van der Waals surface area contributed by atoms with Crippen LogP contribution in [0, 0.1) is 11.6 Å². The molecule has 3 rings (SSSR count). The van der Waals surface area contributed by atoms with Crippen molar-refractivity contribution in [1.82, 2.24) is 9.80 Å². The van der Waals surface area contributed by atoms with Crippen LogP contribution in [-0.4, -0.2) is 62.1 Å². The van der Waals surface area contributed by atoms with Gasteiger partial charge in [0.2, 0.25) is 5.91 Å². The Labute approximate surface area is 170 Å². The molecule has 1 aliphatic heterocycles. The fraction of sp³-hybridized carbons (Fsp3) is 0.409. The minimum Gasteiger partial charge on any atom is -0.494 e. The van der Waals surface area contributed by atoms with E-state index in [1.165, 1.54) is 19.2 Å². The number of hydrogen-bond acceptors (Lipinski definition) is 4. The molecule has 0 spiro atoms. The number of anilines is 1. The van der Waals surface area contributed by atoms with Crippen LogP contribution < -0.4 is 9.64 Å². The van der Waals surface area contributed by atoms with Gasteiger partial charge >= 0.3 is 0 Å². The molecule has 2 aromatic rings. The van der Waals surface area contributed by atoms with Crippen LogP contribution in [0.25, 0.3) is 0 Å². The zero-order valence-corrected chi connectivity index (χ0v) is 16.9. The van der Waals surface area contributed by atoms with E-state index in [1.807, 2.05) is 33.8 Å². The van der Waals surface area contributed by atoms with Gasteiger partial charge in [-0.1, -0.05) is 25.1 Å². The van der Waals surface area contributed by atoms with Gasteiger partial charge in [0.15, 0.2) is 11.6 Å². The van der Waals surface area contributed by atoms with Gasteiger partial charge in [0.25, 0.3) is 0 Å². The Bertz CT molecular complexity index is 839. The normalized spacial score (nSPS) is 14.4. The lowest BCUT2D eigenvalue weighted by Crippen LogP contribution is -2.51. The average Bonchev–Trinajstić information content (AvgIpc) is 2.74. The molecule has 0 unspecified atom stereocenters. The first-order valence-corrected chi connectivity index (χ1v) is 9.83. The summed E-state index contributed by atoms with van der Waals surface area (Å²) in [5.41, 5.74) is 1.37. The summed E-state index contributed by atoms with van der Waals surface area (Å²) in [5.74, 6) is -0.401. The molecule has 1 heterocycles. The summed E-state index contributed by atoms with van der Waals surface area (Å²) in [6.45, 7) is 5.72. The lowest BCUT2D eigenvalue weighted by molar-refractivity contribution is -0.132. The van der Waals surface area contributed by atoms with Crippen molar-refractivity contribution in [1.29, 1.82) is 0 Å². The Balaban J connectivity index is 1.54. The Morgan fingerprint density at radius 1 is 1.07 bits per heavy atom. The van der Waals surface area contributed by atoms with Crippen molar-refractivity contribution in [3.05, 3.63) is 59.7 Å². The SMILES string of the molecule is CCN(CC(=O)N1CCN(c2ccccc2F)CC1)Cc1ccc(OC)c(F)c1. The first kappa shape index (κ1) is 21.0. The van der Waals surface area contributed by atoms with Gasteiger partial charge < -0.3 is 14.5 Å². The van der Waals surface area contributed by atoms with Crippen molar-refractivity contribution in [2.45, 2.75) is 13.5 Å². The van der Waals surface area contributed by atoms with Crippen LogP contribution in [0.4, 0.5) is 14.5 Å². The van der Waals surface area contributed by atoms with E-state index in [9.17, 15) is 13.6 Å². The van der Waals surface area contributed by atoms with E-state index in [0.717, 1.165) is 5.56 Å². The zero-order chi connectivity index (χ0) is 20.8. The molecule has 29 heavy (non-hydrogen) atoms. The lowest BCUT2D eigenvalue weighted by atomic mass is 10.2. The maximum atomic E-state index is 14.0. The zero-order valence-electron chi connectivity index (χ0n) is 16.9. The number of amides is 1. The quantitative estimate of drug-likeness (QED) is 0.712. The summed E-state index contributed by atoms with van der Waals surface area (Å²) >= 11 is 0. The highest BCUT2D eigenvalue weighted by Crippen LogP contribution is 2.21. The summed E-state index contributed by atoms with van der Waals surface area (Å²) < 4.78 is 32.8. The molecule has 0 bridgehead atoms. The summed E-state index contributed by atoms with van der Waals surface area (Å²) in [6.07, 6.45) is 0. The molecule has 2 aromatic carbocycles. The third-order valence-corrected chi connectivity index (χ3v) is 5.25. The molecular formula is C22H27F2N3O2. The monoisotopic (exact) mass is 403 g/mol. The van der Waals surface area contributed by atoms with E-state index in [-0.39, 0.29) is 24.0 Å². The van der Waals surface area contributed by atoms with Crippen molar-refractivity contribution in [3.63, 3.8) is 0 Å². The molecule has 0 saturated carbocycles. The van der Waals surface area contributed by atoms with E-state index in [1.54, 1.807) is 18.2 Å². The van der Waals surface area contributed by atoms with Gasteiger partial charge in [-0.05, 0) is 36.4 Å². The van der Waals surface area contributed by atoms with Gasteiger partial charge in [-0.15, -0.1) is 0 Å². The summed E-state index contributed by atoms with van der Waals surface area (Å²) in [7, 11) is 1.43. The van der Waals surface area contributed by atoms with Gasteiger partial charge in [0, 0.05) is 32.7 Å². The van der Waals surface area contributed by atoms with Crippen molar-refractivity contribution in [2.75, 3.05) is 51.3 Å². The lowest BCUT2D eigenvalue weighted by Gasteiger charge is -2.37. The fourth-order valence-corrected chi connectivity index (χ4v) is 3.54. The first-order chi connectivity index (χ1) is 14.0. The van der Waals surface area contributed by atoms with Crippen LogP contribution in [0.15, 0.2) is 42.5 Å². The second-order valence-electron chi connectivity index (χ2n) is 7.09. The standard InChI is InChI=1S/C22H27F2N3O2/c1-3-25(15-17-8-9-21(29-2)19(24)14-17)16-22(28)27-12-10-26(11-13-27)20-7-5-4-6-18(20)23/h4-9,14H,3,10-13,15-16H2,1-2H3. The Hall–Kier alpha value is -2.67. The number of piperazine rings is 1. The molecule has 156 valence electrons. The number of benzene rings is 2. The number of carbonyl (C=O) groups is 1. The van der Waals surface area contributed by atoms with Crippen molar-refractivity contribution in [3.8, 4) is 5.75 Å². The second kappa shape index (κ2) is 9.69. The largest absolute Gasteiger partial charge is 0.494 e. The third-order valence-electron chi connectivity index (χ3n) is 5.25. The fourth-order valence-electron chi connectivity index (χ4n) is 3.54. The van der Waals surface area contributed by atoms with Crippen molar-refractivity contribution >= 4 is 11.6 Å². The van der Waals surface area contributed by atoms with Gasteiger partial charge in [0.1, 0.15) is 5.82 Å². The van der Waals surface area contributed by atoms with Crippen LogP contribution in [0.1, 0.15) is 12.5 Å². The van der Waals surface area contributed by atoms with E-state index in [4.69, 9.17) is 4.74 Å². The van der Waals surface area contributed by atoms with Gasteiger partial charge in [-0.2, -0.15) is 0 Å². The van der Waals surface area contributed by atoms with Crippen LogP contribution in [0.2, 0.25) is 0 Å². The molecule has 0 aliphatic carbocycles. The Kier molecular flexibility index (Phi) is 7.04. The Morgan fingerprint density at radius 3 is 2.41 bits per heavy atom. The number of halogens is 2. The molecule has 1 fully saturated rings. The average molecular weight is 403 g/mol. The highest BCUT2D eigenvalue weighted by Gasteiger charge is 2.23. The molecule has 1 aliphatic rings. The topological polar surface area (TPSA) is 36.0 Å². The predicted octanol–water partition coefficient (Wildman–Crippen LogP) is 3.14. The van der Waals surface area contributed by atoms with Crippen LogP contribution in [0.3, 0.4) is 0 Å². The molecule has 1 amide bonds. The van der Waals surface area contributed by atoms with E-state index in [0.29, 0.717) is 45.0 Å². The molecule has 5 nitrogen and oxygen atoms in total. The number of nitrogens with zero attached hydrogens (tertiary/aromatic N) is 3. The third kappa shape index (κ3) is 5.23. The smallest absolute Gasteiger partial charge is 0.236 e. The van der Waals surface area contributed by atoms with E-state index >= 15 is 0 Å². The van der Waals surface area contributed by atoms with Gasteiger partial charge in [-0.3, -0.25) is 9.69 Å². The van der Waals surface area contributed by atoms with E-state index in [2.05, 4.69) is 0 Å². The number of methoxy groups -OCH3 is 1. The summed E-state index contributed by atoms with van der Waals surface area (Å²) in [4.78, 5) is 18.5. The van der Waals surface area contributed by atoms with Crippen LogP contribution in [0.5, 0.6) is 5.75 Å². The number of hydrogen-bond donors (Lipinski definition) is 0. The molecular weight excluding hydrogens is 376 g/mol. The maximum Gasteiger partial charge on any atom is 0.236 e. The van der Waals surface area contributed by atoms with Crippen molar-refractivity contribution < 1.29 is 18.3 Å². The van der Waals surface area contributed by atoms with Crippen LogP contribution >= 0.6 is 0 Å². The molecule has 0 radical (unpaired) electrons. The number of rotatable bonds is 7. The summed E-state index contributed by atoms with van der Waals surface area (Å²) in [6, 6.07) is 11.6. The van der Waals surface area contributed by atoms with Crippen molar-refractivity contribution in [2.24, 2.45) is 0 Å². The molecule has 0 atom stereocenters. The minimum atomic E-state index is -0.406. The summed E-state index contributed by atoms with van der Waals surface area (Å²) in [5, 5.41) is 0. The highest BCUT2D eigenvalue weighted by molar-refractivity contribution is 5.78. The van der Waals surface area contributed by atoms with Crippen LogP contribution in [-0.2, 0) is 11.3 Å². The number of ether oxygens (including phenoxy) is 1. The highest BCUT2D eigenvalue weighted by atomic mass is 19.1. The molecule has 7 heteroatoms. The van der Waals surface area contributed by atoms with Gasteiger partial charge in [0.05, 0.1) is 19.3 Å². The number of para-hydroxylation sites is 1.